The molecule has 0 saturated carbocycles. The summed E-state index contributed by atoms with van der Waals surface area (Å²) in [6.45, 7) is 0.391. The van der Waals surface area contributed by atoms with Gasteiger partial charge in [-0.15, -0.1) is 0 Å². The summed E-state index contributed by atoms with van der Waals surface area (Å²) in [5.41, 5.74) is 2.08. The van der Waals surface area contributed by atoms with Crippen molar-refractivity contribution < 1.29 is 19.4 Å². The molecule has 0 aromatic heterocycles. The number of methoxy groups -OCH3 is 1. The van der Waals surface area contributed by atoms with Gasteiger partial charge in [-0.3, -0.25) is 9.59 Å². The molecular formula is C19H22N2O4. The van der Waals surface area contributed by atoms with E-state index in [2.05, 4.69) is 5.32 Å². The maximum atomic E-state index is 12.7. The second-order valence-electron chi connectivity index (χ2n) is 5.62. The highest BCUT2D eigenvalue weighted by molar-refractivity contribution is 6.00. The number of carboxylic acids is 1. The first kappa shape index (κ1) is 18.3. The molecule has 6 heteroatoms. The van der Waals surface area contributed by atoms with Gasteiger partial charge >= 0.3 is 5.97 Å². The smallest absolute Gasteiger partial charge is 0.303 e. The lowest BCUT2D eigenvalue weighted by atomic mass is 10.1. The Kier molecular flexibility index (Phi) is 6.39. The largest absolute Gasteiger partial charge is 0.497 e. The topological polar surface area (TPSA) is 78.9 Å². The number of aliphatic carboxylic acids is 1. The maximum absolute atomic E-state index is 12.7. The van der Waals surface area contributed by atoms with E-state index in [0.29, 0.717) is 24.2 Å². The van der Waals surface area contributed by atoms with Crippen molar-refractivity contribution in [2.24, 2.45) is 0 Å². The number of para-hydroxylation sites is 1. The van der Waals surface area contributed by atoms with Crippen LogP contribution in [-0.2, 0) is 4.79 Å². The minimum atomic E-state index is -0.859. The van der Waals surface area contributed by atoms with Crippen molar-refractivity contribution in [1.82, 2.24) is 4.90 Å². The molecule has 0 unspecified atom stereocenters. The molecule has 132 valence electrons. The number of amides is 1. The molecule has 25 heavy (non-hydrogen) atoms. The van der Waals surface area contributed by atoms with Gasteiger partial charge in [-0.2, -0.15) is 0 Å². The lowest BCUT2D eigenvalue weighted by molar-refractivity contribution is -0.137. The molecule has 0 spiro atoms. The van der Waals surface area contributed by atoms with Crippen LogP contribution in [0.15, 0.2) is 48.5 Å². The number of ether oxygens (including phenoxy) is 1. The van der Waals surface area contributed by atoms with E-state index in [4.69, 9.17) is 9.84 Å². The second-order valence-corrected chi connectivity index (χ2v) is 5.62. The van der Waals surface area contributed by atoms with Gasteiger partial charge in [0.2, 0.25) is 0 Å². The molecule has 2 aromatic rings. The third kappa shape index (κ3) is 5.24. The van der Waals surface area contributed by atoms with E-state index in [1.165, 1.54) is 4.90 Å². The summed E-state index contributed by atoms with van der Waals surface area (Å²) in [7, 11) is 3.28. The Morgan fingerprint density at radius 2 is 1.80 bits per heavy atom. The lowest BCUT2D eigenvalue weighted by Gasteiger charge is -2.19. The van der Waals surface area contributed by atoms with Gasteiger partial charge in [-0.25, -0.2) is 0 Å². The van der Waals surface area contributed by atoms with Crippen LogP contribution in [0.2, 0.25) is 0 Å². The Labute approximate surface area is 147 Å². The van der Waals surface area contributed by atoms with Gasteiger partial charge in [-0.1, -0.05) is 12.1 Å². The normalized spacial score (nSPS) is 10.2. The zero-order valence-corrected chi connectivity index (χ0v) is 14.4. The number of nitrogens with one attached hydrogen (secondary N) is 1. The summed E-state index contributed by atoms with van der Waals surface area (Å²) < 4.78 is 5.14. The highest BCUT2D eigenvalue weighted by Gasteiger charge is 2.15. The van der Waals surface area contributed by atoms with Crippen molar-refractivity contribution in [1.29, 1.82) is 0 Å². The molecule has 0 atom stereocenters. The first-order valence-corrected chi connectivity index (χ1v) is 7.98. The van der Waals surface area contributed by atoms with Crippen LogP contribution in [0.25, 0.3) is 0 Å². The molecule has 0 bridgehead atoms. The van der Waals surface area contributed by atoms with Crippen LogP contribution >= 0.6 is 0 Å². The van der Waals surface area contributed by atoms with Crippen LogP contribution in [0.5, 0.6) is 5.75 Å². The Morgan fingerprint density at radius 3 is 2.44 bits per heavy atom. The maximum Gasteiger partial charge on any atom is 0.303 e. The number of hydrogen-bond donors (Lipinski definition) is 2. The third-order valence-corrected chi connectivity index (χ3v) is 3.76. The van der Waals surface area contributed by atoms with Gasteiger partial charge in [0.05, 0.1) is 18.4 Å². The van der Waals surface area contributed by atoms with Crippen molar-refractivity contribution in [3.8, 4) is 5.75 Å². The zero-order chi connectivity index (χ0) is 18.2. The van der Waals surface area contributed by atoms with Gasteiger partial charge in [-0.05, 0) is 42.8 Å². The number of anilines is 2. The number of carbonyl (C=O) groups excluding carboxylic acids is 1. The van der Waals surface area contributed by atoms with Crippen molar-refractivity contribution in [2.75, 3.05) is 26.0 Å². The number of rotatable bonds is 8. The monoisotopic (exact) mass is 342 g/mol. The third-order valence-electron chi connectivity index (χ3n) is 3.76. The SMILES string of the molecule is COc1ccc(Nc2ccccc2C(=O)N(C)CCCC(=O)O)cc1. The molecule has 0 saturated heterocycles. The highest BCUT2D eigenvalue weighted by atomic mass is 16.5. The minimum Gasteiger partial charge on any atom is -0.497 e. The van der Waals surface area contributed by atoms with E-state index in [1.807, 2.05) is 36.4 Å². The van der Waals surface area contributed by atoms with Crippen molar-refractivity contribution in [3.05, 3.63) is 54.1 Å². The van der Waals surface area contributed by atoms with Gasteiger partial charge < -0.3 is 20.1 Å². The molecule has 0 heterocycles. The Hall–Kier alpha value is -3.02. The van der Waals surface area contributed by atoms with E-state index in [9.17, 15) is 9.59 Å². The summed E-state index contributed by atoms with van der Waals surface area (Å²) in [6, 6.07) is 14.7. The zero-order valence-electron chi connectivity index (χ0n) is 14.4. The molecule has 0 radical (unpaired) electrons. The van der Waals surface area contributed by atoms with Crippen LogP contribution in [0.3, 0.4) is 0 Å². The molecule has 0 aliphatic rings. The molecule has 2 aromatic carbocycles. The number of nitrogens with zero attached hydrogens (tertiary/aromatic N) is 1. The second kappa shape index (κ2) is 8.73. The lowest BCUT2D eigenvalue weighted by Crippen LogP contribution is -2.28. The van der Waals surface area contributed by atoms with E-state index in [1.54, 1.807) is 26.3 Å². The predicted octanol–water partition coefficient (Wildman–Crippen LogP) is 3.38. The Bertz CT molecular complexity index is 728. The predicted molar refractivity (Wildman–Crippen MR) is 96.5 cm³/mol. The molecule has 2 rings (SSSR count). The number of carboxylic acid groups (broad SMARTS) is 1. The molecule has 6 nitrogen and oxygen atoms in total. The van der Waals surface area contributed by atoms with Crippen molar-refractivity contribution in [3.63, 3.8) is 0 Å². The summed E-state index contributed by atoms with van der Waals surface area (Å²) >= 11 is 0. The van der Waals surface area contributed by atoms with Crippen molar-refractivity contribution in [2.45, 2.75) is 12.8 Å². The number of hydrogen-bond acceptors (Lipinski definition) is 4. The first-order valence-electron chi connectivity index (χ1n) is 7.98. The van der Waals surface area contributed by atoms with Crippen LogP contribution in [-0.4, -0.2) is 42.6 Å². The molecule has 0 fully saturated rings. The minimum absolute atomic E-state index is 0.0450. The molecule has 1 amide bonds. The van der Waals surface area contributed by atoms with Crippen LogP contribution in [0, 0.1) is 0 Å². The van der Waals surface area contributed by atoms with Gasteiger partial charge in [0.1, 0.15) is 5.75 Å². The summed E-state index contributed by atoms with van der Waals surface area (Å²) in [5.74, 6) is -0.252. The number of carbonyl (C=O) groups is 2. The van der Waals surface area contributed by atoms with E-state index >= 15 is 0 Å². The summed E-state index contributed by atoms with van der Waals surface area (Å²) in [5, 5.41) is 11.9. The molecule has 2 N–H and O–H groups in total. The van der Waals surface area contributed by atoms with E-state index < -0.39 is 5.97 Å². The van der Waals surface area contributed by atoms with Gasteiger partial charge in [0.15, 0.2) is 0 Å². The summed E-state index contributed by atoms with van der Waals surface area (Å²) in [6.07, 6.45) is 0.467. The standard InChI is InChI=1S/C19H22N2O4/c1-21(13-5-8-18(22)23)19(24)16-6-3-4-7-17(16)20-14-9-11-15(25-2)12-10-14/h3-4,6-7,9-12,20H,5,8,13H2,1-2H3,(H,22,23). The van der Waals surface area contributed by atoms with E-state index in [-0.39, 0.29) is 12.3 Å². The molecular weight excluding hydrogens is 320 g/mol. The molecule has 0 aliphatic carbocycles. The Morgan fingerprint density at radius 1 is 1.12 bits per heavy atom. The van der Waals surface area contributed by atoms with Gasteiger partial charge in [0.25, 0.3) is 5.91 Å². The van der Waals surface area contributed by atoms with E-state index in [0.717, 1.165) is 11.4 Å². The average molecular weight is 342 g/mol. The fourth-order valence-electron chi connectivity index (χ4n) is 2.38. The van der Waals surface area contributed by atoms with Crippen LogP contribution in [0.4, 0.5) is 11.4 Å². The molecule has 0 aliphatic heterocycles. The summed E-state index contributed by atoms with van der Waals surface area (Å²) in [4.78, 5) is 24.8. The average Bonchev–Trinajstić information content (AvgIpc) is 2.62. The number of benzene rings is 2. The fraction of sp³-hybridized carbons (Fsp3) is 0.263. The highest BCUT2D eigenvalue weighted by Crippen LogP contribution is 2.23. The van der Waals surface area contributed by atoms with Crippen molar-refractivity contribution >= 4 is 23.3 Å². The quantitative estimate of drug-likeness (QED) is 0.769. The van der Waals surface area contributed by atoms with Crippen LogP contribution < -0.4 is 10.1 Å². The van der Waals surface area contributed by atoms with Crippen LogP contribution in [0.1, 0.15) is 23.2 Å². The first-order chi connectivity index (χ1) is 12.0. The van der Waals surface area contributed by atoms with Gasteiger partial charge in [0, 0.05) is 25.7 Å². The Balaban J connectivity index is 2.10. The fourth-order valence-corrected chi connectivity index (χ4v) is 2.38.